The van der Waals surface area contributed by atoms with Gasteiger partial charge in [-0.1, -0.05) is 17.7 Å². The highest BCUT2D eigenvalue weighted by Crippen LogP contribution is 2.24. The second-order valence-corrected chi connectivity index (χ2v) is 6.74. The molecule has 0 aliphatic carbocycles. The van der Waals surface area contributed by atoms with Gasteiger partial charge in [-0.05, 0) is 38.1 Å². The monoisotopic (exact) mass is 365 g/mol. The second kappa shape index (κ2) is 6.38. The number of halogens is 1. The first-order valence-electron chi connectivity index (χ1n) is 8.22. The van der Waals surface area contributed by atoms with Crippen molar-refractivity contribution in [2.24, 2.45) is 0 Å². The number of pyridine rings is 2. The largest absolute Gasteiger partial charge is 0.320 e. The normalized spacial score (nSPS) is 11.4. The van der Waals surface area contributed by atoms with Gasteiger partial charge in [0.25, 0.3) is 5.91 Å². The lowest BCUT2D eigenvalue weighted by Gasteiger charge is -2.09. The van der Waals surface area contributed by atoms with Crippen LogP contribution >= 0.6 is 11.6 Å². The van der Waals surface area contributed by atoms with E-state index in [9.17, 15) is 4.79 Å². The Labute approximate surface area is 154 Å². The van der Waals surface area contributed by atoms with Crippen LogP contribution in [0.15, 0.2) is 48.9 Å². The third kappa shape index (κ3) is 2.88. The summed E-state index contributed by atoms with van der Waals surface area (Å²) in [5.41, 5.74) is 2.41. The fraction of sp³-hybridized carbons (Fsp3) is 0.158. The Kier molecular flexibility index (Phi) is 4.05. The molecular weight excluding hydrogens is 350 g/mol. The molecule has 4 aromatic rings. The van der Waals surface area contributed by atoms with Gasteiger partial charge >= 0.3 is 0 Å². The Morgan fingerprint density at radius 1 is 1.15 bits per heavy atom. The van der Waals surface area contributed by atoms with E-state index in [1.165, 1.54) is 0 Å². The molecule has 3 aromatic heterocycles. The van der Waals surface area contributed by atoms with Gasteiger partial charge in [-0.2, -0.15) is 5.10 Å². The summed E-state index contributed by atoms with van der Waals surface area (Å²) < 4.78 is 1.84. The average molecular weight is 366 g/mol. The number of hydrogen-bond acceptors (Lipinski definition) is 4. The molecule has 7 heteroatoms. The molecule has 0 spiro atoms. The van der Waals surface area contributed by atoms with Crippen LogP contribution in [0.2, 0.25) is 5.02 Å². The second-order valence-electron chi connectivity index (χ2n) is 6.30. The molecule has 3 heterocycles. The number of carbonyl (C=O) groups excluding carboxylic acids is 1. The molecule has 1 N–H and O–H groups in total. The summed E-state index contributed by atoms with van der Waals surface area (Å²) in [5, 5.41) is 9.38. The van der Waals surface area contributed by atoms with Gasteiger partial charge in [0.05, 0.1) is 29.2 Å². The van der Waals surface area contributed by atoms with E-state index in [4.69, 9.17) is 11.6 Å². The molecule has 0 aliphatic rings. The minimum absolute atomic E-state index is 0.212. The Morgan fingerprint density at radius 3 is 2.81 bits per heavy atom. The van der Waals surface area contributed by atoms with Gasteiger partial charge in [-0.25, -0.2) is 9.67 Å². The standard InChI is InChI=1S/C19H16ClN5O/c1-11(2)25-18-13(9-23-25)7-15(10-22-18)24-19(26)16-8-14(20)6-12-4-3-5-21-17(12)16/h3-11H,1-2H3,(H,24,26). The molecular formula is C19H16ClN5O. The highest BCUT2D eigenvalue weighted by atomic mass is 35.5. The van der Waals surface area contributed by atoms with Crippen LogP contribution in [0.25, 0.3) is 21.9 Å². The Balaban J connectivity index is 1.70. The SMILES string of the molecule is CC(C)n1ncc2cc(NC(=O)c3cc(Cl)cc4cccnc34)cnc21. The van der Waals surface area contributed by atoms with E-state index in [1.807, 2.05) is 36.7 Å². The van der Waals surface area contributed by atoms with Crippen LogP contribution in [-0.2, 0) is 0 Å². The lowest BCUT2D eigenvalue weighted by atomic mass is 10.1. The molecule has 6 nitrogen and oxygen atoms in total. The predicted molar refractivity (Wildman–Crippen MR) is 103 cm³/mol. The number of fused-ring (bicyclic) bond motifs is 2. The lowest BCUT2D eigenvalue weighted by molar-refractivity contribution is 0.102. The average Bonchev–Trinajstić information content (AvgIpc) is 3.04. The van der Waals surface area contributed by atoms with E-state index >= 15 is 0 Å². The van der Waals surface area contributed by atoms with Gasteiger partial charge in [-0.15, -0.1) is 0 Å². The minimum atomic E-state index is -0.284. The Hall–Kier alpha value is -2.99. The number of nitrogens with zero attached hydrogens (tertiary/aromatic N) is 4. The van der Waals surface area contributed by atoms with E-state index < -0.39 is 0 Å². The molecule has 0 saturated carbocycles. The fourth-order valence-corrected chi connectivity index (χ4v) is 3.14. The number of aromatic nitrogens is 4. The van der Waals surface area contributed by atoms with Crippen LogP contribution < -0.4 is 5.32 Å². The molecule has 0 saturated heterocycles. The van der Waals surface area contributed by atoms with Crippen molar-refractivity contribution in [2.45, 2.75) is 19.9 Å². The van der Waals surface area contributed by atoms with Crippen molar-refractivity contribution in [1.29, 1.82) is 0 Å². The van der Waals surface area contributed by atoms with Crippen molar-refractivity contribution in [1.82, 2.24) is 19.7 Å². The van der Waals surface area contributed by atoms with E-state index in [0.717, 1.165) is 16.4 Å². The Morgan fingerprint density at radius 2 is 2.00 bits per heavy atom. The number of carbonyl (C=O) groups is 1. The molecule has 0 atom stereocenters. The number of hydrogen-bond donors (Lipinski definition) is 1. The van der Waals surface area contributed by atoms with Crippen LogP contribution in [0.3, 0.4) is 0 Å². The van der Waals surface area contributed by atoms with E-state index in [2.05, 4.69) is 20.4 Å². The summed E-state index contributed by atoms with van der Waals surface area (Å²) in [7, 11) is 0. The zero-order chi connectivity index (χ0) is 18.3. The highest BCUT2D eigenvalue weighted by molar-refractivity contribution is 6.32. The molecule has 0 bridgehead atoms. The van der Waals surface area contributed by atoms with Crippen LogP contribution in [-0.4, -0.2) is 25.7 Å². The third-order valence-corrected chi connectivity index (χ3v) is 4.31. The first-order chi connectivity index (χ1) is 12.5. The first-order valence-corrected chi connectivity index (χ1v) is 8.59. The summed E-state index contributed by atoms with van der Waals surface area (Å²) in [5.74, 6) is -0.284. The highest BCUT2D eigenvalue weighted by Gasteiger charge is 2.14. The maximum atomic E-state index is 12.8. The minimum Gasteiger partial charge on any atom is -0.320 e. The zero-order valence-electron chi connectivity index (χ0n) is 14.3. The smallest absolute Gasteiger partial charge is 0.257 e. The predicted octanol–water partition coefficient (Wildman–Crippen LogP) is 4.47. The van der Waals surface area contributed by atoms with Crippen molar-refractivity contribution in [3.63, 3.8) is 0 Å². The molecule has 0 unspecified atom stereocenters. The first kappa shape index (κ1) is 16.5. The van der Waals surface area contributed by atoms with Crippen molar-refractivity contribution in [3.8, 4) is 0 Å². The van der Waals surface area contributed by atoms with Gasteiger partial charge in [0.2, 0.25) is 0 Å². The summed E-state index contributed by atoms with van der Waals surface area (Å²) in [6, 6.07) is 9.16. The van der Waals surface area contributed by atoms with Crippen LogP contribution in [0.4, 0.5) is 5.69 Å². The van der Waals surface area contributed by atoms with Crippen molar-refractivity contribution in [3.05, 3.63) is 59.5 Å². The number of nitrogens with one attached hydrogen (secondary N) is 1. The van der Waals surface area contributed by atoms with Crippen LogP contribution in [0.1, 0.15) is 30.2 Å². The van der Waals surface area contributed by atoms with Crippen LogP contribution in [0.5, 0.6) is 0 Å². The van der Waals surface area contributed by atoms with Crippen molar-refractivity contribution < 1.29 is 4.79 Å². The molecule has 0 radical (unpaired) electrons. The molecule has 0 fully saturated rings. The molecule has 1 amide bonds. The maximum Gasteiger partial charge on any atom is 0.257 e. The number of anilines is 1. The molecule has 0 aliphatic heterocycles. The summed E-state index contributed by atoms with van der Waals surface area (Å²) in [6.07, 6.45) is 5.02. The lowest BCUT2D eigenvalue weighted by Crippen LogP contribution is -2.13. The third-order valence-electron chi connectivity index (χ3n) is 4.09. The van der Waals surface area contributed by atoms with Gasteiger partial charge < -0.3 is 5.32 Å². The quantitative estimate of drug-likeness (QED) is 0.581. The molecule has 26 heavy (non-hydrogen) atoms. The Bertz CT molecular complexity index is 1140. The zero-order valence-corrected chi connectivity index (χ0v) is 15.0. The van der Waals surface area contributed by atoms with Gasteiger partial charge in [0.15, 0.2) is 5.65 Å². The summed E-state index contributed by atoms with van der Waals surface area (Å²) in [6.45, 7) is 4.09. The summed E-state index contributed by atoms with van der Waals surface area (Å²) >= 11 is 6.15. The fourth-order valence-electron chi connectivity index (χ4n) is 2.91. The van der Waals surface area contributed by atoms with Gasteiger partial charge in [-0.3, -0.25) is 9.78 Å². The molecule has 1 aromatic carbocycles. The maximum absolute atomic E-state index is 12.8. The number of amides is 1. The summed E-state index contributed by atoms with van der Waals surface area (Å²) in [4.78, 5) is 21.5. The van der Waals surface area contributed by atoms with E-state index in [0.29, 0.717) is 21.8 Å². The number of rotatable bonds is 3. The topological polar surface area (TPSA) is 72.7 Å². The van der Waals surface area contributed by atoms with E-state index in [-0.39, 0.29) is 11.9 Å². The number of benzene rings is 1. The van der Waals surface area contributed by atoms with Gasteiger partial charge in [0, 0.05) is 28.0 Å². The molecule has 130 valence electrons. The van der Waals surface area contributed by atoms with Crippen molar-refractivity contribution >= 4 is 45.1 Å². The molecule has 4 rings (SSSR count). The van der Waals surface area contributed by atoms with Crippen molar-refractivity contribution in [2.75, 3.05) is 5.32 Å². The van der Waals surface area contributed by atoms with Crippen LogP contribution in [0, 0.1) is 0 Å². The van der Waals surface area contributed by atoms with Gasteiger partial charge in [0.1, 0.15) is 0 Å². The van der Waals surface area contributed by atoms with E-state index in [1.54, 1.807) is 30.7 Å².